The Morgan fingerprint density at radius 3 is 2.26 bits per heavy atom. The van der Waals surface area contributed by atoms with Gasteiger partial charge in [-0.25, -0.2) is 0 Å². The van der Waals surface area contributed by atoms with Crippen LogP contribution in [0.2, 0.25) is 5.02 Å². The molecule has 38 heavy (non-hydrogen) atoms. The number of methoxy groups -OCH3 is 3. The molecular weight excluding hydrogens is 526 g/mol. The van der Waals surface area contributed by atoms with Crippen molar-refractivity contribution in [2.24, 2.45) is 0 Å². The topological polar surface area (TPSA) is 80.3 Å². The van der Waals surface area contributed by atoms with Gasteiger partial charge in [0.2, 0.25) is 5.91 Å². The number of hydrogen-bond donors (Lipinski definition) is 1. The average Bonchev–Trinajstić information content (AvgIpc) is 3.16. The molecule has 8 nitrogen and oxygen atoms in total. The maximum Gasteiger partial charge on any atom is 0.256 e. The third-order valence-electron chi connectivity index (χ3n) is 6.25. The van der Waals surface area contributed by atoms with E-state index in [1.807, 2.05) is 18.2 Å². The van der Waals surface area contributed by atoms with E-state index in [0.717, 1.165) is 5.56 Å². The molecule has 4 rings (SSSR count). The first-order chi connectivity index (χ1) is 18.3. The van der Waals surface area contributed by atoms with Crippen LogP contribution in [0, 0.1) is 0 Å². The normalized spacial score (nSPS) is 15.0. The minimum Gasteiger partial charge on any atom is -0.497 e. The Morgan fingerprint density at radius 2 is 1.63 bits per heavy atom. The largest absolute Gasteiger partial charge is 0.497 e. The number of nitrogens with one attached hydrogen (secondary N) is 1. The molecule has 0 aromatic heterocycles. The molecule has 1 heterocycles. The highest BCUT2D eigenvalue weighted by molar-refractivity contribution is 7.80. The van der Waals surface area contributed by atoms with E-state index in [9.17, 15) is 9.59 Å². The number of amides is 2. The molecule has 0 bridgehead atoms. The summed E-state index contributed by atoms with van der Waals surface area (Å²) >= 11 is 11.8. The first-order valence-electron chi connectivity index (χ1n) is 11.9. The van der Waals surface area contributed by atoms with Gasteiger partial charge in [0, 0.05) is 17.3 Å². The highest BCUT2D eigenvalue weighted by Gasteiger charge is 2.43. The van der Waals surface area contributed by atoms with Gasteiger partial charge in [0.1, 0.15) is 11.8 Å². The molecule has 0 spiro atoms. The first-order valence-corrected chi connectivity index (χ1v) is 12.7. The monoisotopic (exact) mass is 553 g/mol. The number of rotatable bonds is 10. The van der Waals surface area contributed by atoms with Crippen molar-refractivity contribution in [3.8, 4) is 17.2 Å². The molecular formula is C28H28ClN3O5S. The van der Waals surface area contributed by atoms with Crippen molar-refractivity contribution in [1.82, 2.24) is 4.90 Å². The molecule has 1 aliphatic rings. The summed E-state index contributed by atoms with van der Waals surface area (Å²) in [6, 6.07) is 18.8. The second-order valence-corrected chi connectivity index (χ2v) is 9.36. The van der Waals surface area contributed by atoms with E-state index in [1.54, 1.807) is 74.8 Å². The number of thiocarbonyl (C=S) groups is 1. The van der Waals surface area contributed by atoms with Crippen LogP contribution in [0.3, 0.4) is 0 Å². The first kappa shape index (κ1) is 27.2. The van der Waals surface area contributed by atoms with Crippen molar-refractivity contribution < 1.29 is 23.8 Å². The van der Waals surface area contributed by atoms with E-state index in [4.69, 9.17) is 38.0 Å². The van der Waals surface area contributed by atoms with Crippen molar-refractivity contribution in [2.75, 3.05) is 38.1 Å². The number of carbonyl (C=O) groups excluding carboxylic acids is 2. The lowest BCUT2D eigenvalue weighted by molar-refractivity contribution is -0.124. The molecule has 10 heteroatoms. The Bertz CT molecular complexity index is 1320. The van der Waals surface area contributed by atoms with Gasteiger partial charge in [0.25, 0.3) is 5.91 Å². The molecule has 0 radical (unpaired) electrons. The number of hydrogen-bond acceptors (Lipinski definition) is 6. The van der Waals surface area contributed by atoms with Crippen LogP contribution < -0.4 is 24.4 Å². The third kappa shape index (κ3) is 6.00. The minimum atomic E-state index is -0.767. The molecule has 1 unspecified atom stereocenters. The molecule has 0 aliphatic carbocycles. The van der Waals surface area contributed by atoms with E-state index in [0.29, 0.717) is 51.7 Å². The highest BCUT2D eigenvalue weighted by atomic mass is 35.5. The van der Waals surface area contributed by atoms with Crippen molar-refractivity contribution in [3.63, 3.8) is 0 Å². The minimum absolute atomic E-state index is 0.0684. The van der Waals surface area contributed by atoms with Gasteiger partial charge in [-0.05, 0) is 84.9 Å². The number of anilines is 2. The standard InChI is InChI=1S/C28H28ClN3O5S/c1-35-22-11-7-20(8-12-22)30-26(33)17-23-27(34)32(21-9-5-19(29)6-10-21)28(38)31(23)15-14-18-4-13-24(36-2)25(16-18)37-3/h4-13,16,23H,14-15,17H2,1-3H3,(H,30,33). The van der Waals surface area contributed by atoms with Crippen LogP contribution in [0.5, 0.6) is 17.2 Å². The fourth-order valence-corrected chi connectivity index (χ4v) is 4.80. The van der Waals surface area contributed by atoms with Gasteiger partial charge in [0.15, 0.2) is 16.6 Å². The van der Waals surface area contributed by atoms with Gasteiger partial charge >= 0.3 is 0 Å². The van der Waals surface area contributed by atoms with Gasteiger partial charge < -0.3 is 24.4 Å². The summed E-state index contributed by atoms with van der Waals surface area (Å²) in [5.74, 6) is 1.35. The lowest BCUT2D eigenvalue weighted by Gasteiger charge is -2.24. The number of nitrogens with zero attached hydrogens (tertiary/aromatic N) is 2. The second-order valence-electron chi connectivity index (χ2n) is 8.56. The van der Waals surface area contributed by atoms with Crippen LogP contribution in [0.4, 0.5) is 11.4 Å². The second kappa shape index (κ2) is 12.1. The van der Waals surface area contributed by atoms with Gasteiger partial charge in [-0.15, -0.1) is 0 Å². The van der Waals surface area contributed by atoms with Crippen LogP contribution >= 0.6 is 23.8 Å². The van der Waals surface area contributed by atoms with Gasteiger partial charge in [-0.2, -0.15) is 0 Å². The van der Waals surface area contributed by atoms with E-state index in [2.05, 4.69) is 5.32 Å². The molecule has 198 valence electrons. The molecule has 3 aromatic rings. The summed E-state index contributed by atoms with van der Waals surface area (Å²) < 4.78 is 15.9. The molecule has 1 aliphatic heterocycles. The predicted molar refractivity (Wildman–Crippen MR) is 152 cm³/mol. The zero-order valence-electron chi connectivity index (χ0n) is 21.3. The molecule has 1 saturated heterocycles. The highest BCUT2D eigenvalue weighted by Crippen LogP contribution is 2.31. The molecule has 2 amide bonds. The summed E-state index contributed by atoms with van der Waals surface area (Å²) in [6.45, 7) is 0.421. The predicted octanol–water partition coefficient (Wildman–Crippen LogP) is 4.94. The molecule has 3 aromatic carbocycles. The van der Waals surface area contributed by atoms with Gasteiger partial charge in [-0.1, -0.05) is 17.7 Å². The van der Waals surface area contributed by atoms with Gasteiger partial charge in [0.05, 0.1) is 33.4 Å². The van der Waals surface area contributed by atoms with Crippen LogP contribution in [0.15, 0.2) is 66.7 Å². The van der Waals surface area contributed by atoms with Crippen molar-refractivity contribution in [2.45, 2.75) is 18.9 Å². The Hall–Kier alpha value is -3.82. The summed E-state index contributed by atoms with van der Waals surface area (Å²) in [6.07, 6.45) is 0.500. The molecule has 1 N–H and O–H groups in total. The quantitative estimate of drug-likeness (QED) is 0.356. The van der Waals surface area contributed by atoms with E-state index < -0.39 is 6.04 Å². The Kier molecular flexibility index (Phi) is 8.70. The molecule has 1 atom stereocenters. The number of benzene rings is 3. The molecule has 1 fully saturated rings. The maximum atomic E-state index is 13.6. The number of halogens is 1. The number of carbonyl (C=O) groups is 2. The third-order valence-corrected chi connectivity index (χ3v) is 6.91. The Labute approximate surface area is 232 Å². The maximum absolute atomic E-state index is 13.6. The summed E-state index contributed by atoms with van der Waals surface area (Å²) in [5.41, 5.74) is 2.18. The van der Waals surface area contributed by atoms with Crippen LogP contribution in [0.1, 0.15) is 12.0 Å². The summed E-state index contributed by atoms with van der Waals surface area (Å²) in [5, 5.41) is 3.74. The number of ether oxygens (including phenoxy) is 3. The SMILES string of the molecule is COc1ccc(NC(=O)CC2C(=O)N(c3ccc(Cl)cc3)C(=S)N2CCc2ccc(OC)c(OC)c2)cc1. The van der Waals surface area contributed by atoms with Crippen molar-refractivity contribution >= 4 is 52.1 Å². The van der Waals surface area contributed by atoms with E-state index in [1.165, 1.54) is 4.90 Å². The average molecular weight is 554 g/mol. The fraction of sp³-hybridized carbons (Fsp3) is 0.250. The van der Waals surface area contributed by atoms with Crippen molar-refractivity contribution in [3.05, 3.63) is 77.3 Å². The fourth-order valence-electron chi connectivity index (χ4n) is 4.26. The zero-order chi connectivity index (χ0) is 27.2. The van der Waals surface area contributed by atoms with Crippen LogP contribution in [-0.4, -0.2) is 55.7 Å². The molecule has 0 saturated carbocycles. The lowest BCUT2D eigenvalue weighted by Crippen LogP contribution is -2.39. The van der Waals surface area contributed by atoms with Crippen molar-refractivity contribution in [1.29, 1.82) is 0 Å². The van der Waals surface area contributed by atoms with Crippen LogP contribution in [-0.2, 0) is 16.0 Å². The summed E-state index contributed by atoms with van der Waals surface area (Å²) in [4.78, 5) is 29.9. The van der Waals surface area contributed by atoms with Crippen LogP contribution in [0.25, 0.3) is 0 Å². The Balaban J connectivity index is 1.55. The van der Waals surface area contributed by atoms with E-state index in [-0.39, 0.29) is 18.2 Å². The Morgan fingerprint density at radius 1 is 0.947 bits per heavy atom. The van der Waals surface area contributed by atoms with E-state index >= 15 is 0 Å². The smallest absolute Gasteiger partial charge is 0.256 e. The summed E-state index contributed by atoms with van der Waals surface area (Å²) in [7, 11) is 4.74. The lowest BCUT2D eigenvalue weighted by atomic mass is 10.1. The zero-order valence-corrected chi connectivity index (χ0v) is 22.8. The van der Waals surface area contributed by atoms with Gasteiger partial charge in [-0.3, -0.25) is 14.5 Å².